The van der Waals surface area contributed by atoms with E-state index in [4.69, 9.17) is 15.2 Å². The molecule has 1 atom stereocenters. The standard InChI is InChI=1S/C17H16N4O5/c1-7-15(17(24)21-20-7)9(4-14(18)22)10-2-8-3-12-13(26-6-25-12)5-11(8)19-16(10)23/h2-3,5,9H,4,6H2,1H3,(H2,18,22)(H,19,23)(H2,20,21,24). The third-order valence-electron chi connectivity index (χ3n) is 4.51. The van der Waals surface area contributed by atoms with Crippen LogP contribution in [0.4, 0.5) is 0 Å². The van der Waals surface area contributed by atoms with Crippen LogP contribution in [0.25, 0.3) is 10.9 Å². The quantitative estimate of drug-likeness (QED) is 0.541. The summed E-state index contributed by atoms with van der Waals surface area (Å²) in [5.74, 6) is -0.258. The fourth-order valence-corrected chi connectivity index (χ4v) is 3.32. The number of aromatic nitrogens is 3. The van der Waals surface area contributed by atoms with Gasteiger partial charge in [0, 0.05) is 40.6 Å². The highest BCUT2D eigenvalue weighted by Gasteiger charge is 2.26. The molecular formula is C17H16N4O5. The van der Waals surface area contributed by atoms with Gasteiger partial charge in [0.15, 0.2) is 11.5 Å². The van der Waals surface area contributed by atoms with Gasteiger partial charge in [0.2, 0.25) is 12.7 Å². The molecule has 26 heavy (non-hydrogen) atoms. The van der Waals surface area contributed by atoms with E-state index in [9.17, 15) is 14.4 Å². The Morgan fingerprint density at radius 2 is 1.88 bits per heavy atom. The number of carbonyl (C=O) groups is 1. The highest BCUT2D eigenvalue weighted by atomic mass is 16.7. The van der Waals surface area contributed by atoms with Crippen molar-refractivity contribution in [1.29, 1.82) is 0 Å². The Labute approximate surface area is 146 Å². The SMILES string of the molecule is Cc1[nH][nH]c(=O)c1C(CC(N)=O)c1cc2cc3c(cc2[nH]c1=O)OCO3. The summed E-state index contributed by atoms with van der Waals surface area (Å²) in [5.41, 5.74) is 6.29. The molecule has 3 heterocycles. The summed E-state index contributed by atoms with van der Waals surface area (Å²) in [6.45, 7) is 1.81. The van der Waals surface area contributed by atoms with Crippen molar-refractivity contribution in [3.05, 3.63) is 55.7 Å². The second kappa shape index (κ2) is 5.80. The van der Waals surface area contributed by atoms with E-state index >= 15 is 0 Å². The molecule has 0 saturated carbocycles. The van der Waals surface area contributed by atoms with E-state index in [1.807, 2.05) is 0 Å². The van der Waals surface area contributed by atoms with Crippen molar-refractivity contribution in [2.24, 2.45) is 5.73 Å². The molecule has 9 heteroatoms. The summed E-state index contributed by atoms with van der Waals surface area (Å²) in [5, 5.41) is 5.88. The molecule has 0 bridgehead atoms. The monoisotopic (exact) mass is 356 g/mol. The lowest BCUT2D eigenvalue weighted by Gasteiger charge is -2.15. The molecule has 0 radical (unpaired) electrons. The van der Waals surface area contributed by atoms with Crippen molar-refractivity contribution >= 4 is 16.8 Å². The van der Waals surface area contributed by atoms with Gasteiger partial charge in [0.1, 0.15) is 0 Å². The zero-order valence-electron chi connectivity index (χ0n) is 13.8. The topological polar surface area (TPSA) is 143 Å². The molecule has 0 spiro atoms. The van der Waals surface area contributed by atoms with E-state index in [-0.39, 0.29) is 24.3 Å². The zero-order chi connectivity index (χ0) is 18.4. The number of carbonyl (C=O) groups excluding carboxylic acids is 1. The van der Waals surface area contributed by atoms with Gasteiger partial charge in [-0.15, -0.1) is 0 Å². The highest BCUT2D eigenvalue weighted by Crippen LogP contribution is 2.36. The van der Waals surface area contributed by atoms with Crippen molar-refractivity contribution in [2.45, 2.75) is 19.3 Å². The Morgan fingerprint density at radius 1 is 1.15 bits per heavy atom. The maximum Gasteiger partial charge on any atom is 0.267 e. The number of amides is 1. The summed E-state index contributed by atoms with van der Waals surface area (Å²) in [4.78, 5) is 39.2. The van der Waals surface area contributed by atoms with Crippen LogP contribution in [-0.4, -0.2) is 27.9 Å². The minimum absolute atomic E-state index is 0.116. The predicted octanol–water partition coefficient (Wildman–Crippen LogP) is 0.589. The number of nitrogens with one attached hydrogen (secondary N) is 3. The summed E-state index contributed by atoms with van der Waals surface area (Å²) in [6.07, 6.45) is -0.166. The number of H-pyrrole nitrogens is 3. The van der Waals surface area contributed by atoms with Gasteiger partial charge in [0.05, 0.1) is 5.52 Å². The number of primary amides is 1. The smallest absolute Gasteiger partial charge is 0.267 e. The van der Waals surface area contributed by atoms with Crippen molar-refractivity contribution in [2.75, 3.05) is 6.79 Å². The van der Waals surface area contributed by atoms with E-state index < -0.39 is 17.4 Å². The van der Waals surface area contributed by atoms with Crippen molar-refractivity contribution in [1.82, 2.24) is 15.2 Å². The number of rotatable bonds is 4. The Hall–Kier alpha value is -3.49. The molecule has 2 aromatic heterocycles. The van der Waals surface area contributed by atoms with Crippen LogP contribution in [0.3, 0.4) is 0 Å². The molecular weight excluding hydrogens is 340 g/mol. The lowest BCUT2D eigenvalue weighted by atomic mass is 9.88. The number of pyridine rings is 1. The van der Waals surface area contributed by atoms with E-state index in [0.29, 0.717) is 33.7 Å². The fraction of sp³-hybridized carbons (Fsp3) is 0.235. The fourth-order valence-electron chi connectivity index (χ4n) is 3.32. The van der Waals surface area contributed by atoms with Crippen molar-refractivity contribution in [3.8, 4) is 11.5 Å². The predicted molar refractivity (Wildman–Crippen MR) is 92.5 cm³/mol. The first-order valence-electron chi connectivity index (χ1n) is 7.96. The number of hydrogen-bond acceptors (Lipinski definition) is 5. The van der Waals surface area contributed by atoms with Crippen LogP contribution in [0.2, 0.25) is 0 Å². The van der Waals surface area contributed by atoms with E-state index in [1.54, 1.807) is 25.1 Å². The first-order valence-corrected chi connectivity index (χ1v) is 7.96. The molecule has 1 unspecified atom stereocenters. The second-order valence-electron chi connectivity index (χ2n) is 6.19. The van der Waals surface area contributed by atoms with Gasteiger partial charge in [-0.2, -0.15) is 0 Å². The lowest BCUT2D eigenvalue weighted by Crippen LogP contribution is -2.25. The molecule has 9 nitrogen and oxygen atoms in total. The van der Waals surface area contributed by atoms with Gasteiger partial charge in [-0.1, -0.05) is 0 Å². The molecule has 1 aliphatic heterocycles. The lowest BCUT2D eigenvalue weighted by molar-refractivity contribution is -0.118. The minimum Gasteiger partial charge on any atom is -0.454 e. The van der Waals surface area contributed by atoms with Crippen LogP contribution >= 0.6 is 0 Å². The van der Waals surface area contributed by atoms with E-state index in [0.717, 1.165) is 0 Å². The zero-order valence-corrected chi connectivity index (χ0v) is 13.8. The minimum atomic E-state index is -0.763. The van der Waals surface area contributed by atoms with Gasteiger partial charge >= 0.3 is 0 Å². The van der Waals surface area contributed by atoms with Crippen LogP contribution in [0.15, 0.2) is 27.8 Å². The van der Waals surface area contributed by atoms with Crippen LogP contribution in [0.5, 0.6) is 11.5 Å². The summed E-state index contributed by atoms with van der Waals surface area (Å²) < 4.78 is 10.7. The Kier molecular flexibility index (Phi) is 3.57. The van der Waals surface area contributed by atoms with Gasteiger partial charge in [-0.3, -0.25) is 19.5 Å². The summed E-state index contributed by atoms with van der Waals surface area (Å²) in [7, 11) is 0. The summed E-state index contributed by atoms with van der Waals surface area (Å²) >= 11 is 0. The molecule has 1 amide bonds. The number of ether oxygens (including phenoxy) is 2. The Balaban J connectivity index is 1.93. The van der Waals surface area contributed by atoms with Gasteiger partial charge in [0.25, 0.3) is 11.1 Å². The normalized spacial score (nSPS) is 13.9. The van der Waals surface area contributed by atoms with Crippen LogP contribution in [0.1, 0.15) is 29.2 Å². The molecule has 0 fully saturated rings. The highest BCUT2D eigenvalue weighted by molar-refractivity contribution is 5.84. The summed E-state index contributed by atoms with van der Waals surface area (Å²) in [6, 6.07) is 5.07. The van der Waals surface area contributed by atoms with Crippen molar-refractivity contribution in [3.63, 3.8) is 0 Å². The second-order valence-corrected chi connectivity index (χ2v) is 6.19. The van der Waals surface area contributed by atoms with Crippen LogP contribution in [-0.2, 0) is 4.79 Å². The molecule has 1 aromatic carbocycles. The number of benzene rings is 1. The van der Waals surface area contributed by atoms with Crippen molar-refractivity contribution < 1.29 is 14.3 Å². The average Bonchev–Trinajstić information content (AvgIpc) is 3.16. The number of nitrogens with two attached hydrogens (primary N) is 1. The van der Waals surface area contributed by atoms with Gasteiger partial charge < -0.3 is 25.3 Å². The van der Waals surface area contributed by atoms with Crippen LogP contribution in [0, 0.1) is 6.92 Å². The molecule has 0 aliphatic carbocycles. The third-order valence-corrected chi connectivity index (χ3v) is 4.51. The number of hydrogen-bond donors (Lipinski definition) is 4. The van der Waals surface area contributed by atoms with E-state index in [2.05, 4.69) is 15.2 Å². The maximum atomic E-state index is 12.7. The maximum absolute atomic E-state index is 12.7. The molecule has 5 N–H and O–H groups in total. The van der Waals surface area contributed by atoms with Crippen LogP contribution < -0.4 is 26.3 Å². The van der Waals surface area contributed by atoms with E-state index in [1.165, 1.54) is 0 Å². The largest absolute Gasteiger partial charge is 0.454 e. The number of aromatic amines is 3. The molecule has 134 valence electrons. The first kappa shape index (κ1) is 16.0. The molecule has 0 saturated heterocycles. The molecule has 1 aliphatic rings. The van der Waals surface area contributed by atoms with Gasteiger partial charge in [-0.25, -0.2) is 0 Å². The number of aryl methyl sites for hydroxylation is 1. The number of fused-ring (bicyclic) bond motifs is 2. The van der Waals surface area contributed by atoms with Gasteiger partial charge in [-0.05, 0) is 19.1 Å². The Bertz CT molecular complexity index is 1140. The first-order chi connectivity index (χ1) is 12.4. The Morgan fingerprint density at radius 3 is 2.54 bits per heavy atom. The third kappa shape index (κ3) is 2.53. The molecule has 4 rings (SSSR count). The molecule has 3 aromatic rings. The average molecular weight is 356 g/mol.